The van der Waals surface area contributed by atoms with E-state index in [2.05, 4.69) is 32.4 Å². The Morgan fingerprint density at radius 2 is 1.77 bits per heavy atom. The van der Waals surface area contributed by atoms with Gasteiger partial charge in [0.2, 0.25) is 11.8 Å². The van der Waals surface area contributed by atoms with Gasteiger partial charge in [0, 0.05) is 36.4 Å². The fourth-order valence-electron chi connectivity index (χ4n) is 9.64. The van der Waals surface area contributed by atoms with Gasteiger partial charge in [-0.05, 0) is 94.8 Å². The molecule has 64 heavy (non-hydrogen) atoms. The van der Waals surface area contributed by atoms with Crippen LogP contribution in [-0.4, -0.2) is 119 Å². The Labute approximate surface area is 379 Å². The Kier molecular flexibility index (Phi) is 13.1. The van der Waals surface area contributed by atoms with E-state index in [-0.39, 0.29) is 31.0 Å². The van der Waals surface area contributed by atoms with Crippen LogP contribution in [0.3, 0.4) is 0 Å². The number of fused-ring (bicyclic) bond motifs is 2. The summed E-state index contributed by atoms with van der Waals surface area (Å²) in [5.41, 5.74) is -0.846. The molecule has 1 unspecified atom stereocenters. The van der Waals surface area contributed by atoms with Gasteiger partial charge in [-0.15, -0.1) is 6.58 Å². The second-order valence-electron chi connectivity index (χ2n) is 19.5. The topological polar surface area (TPSA) is 187 Å². The van der Waals surface area contributed by atoms with Crippen molar-refractivity contribution >= 4 is 52.4 Å². The maximum atomic E-state index is 14.9. The van der Waals surface area contributed by atoms with Gasteiger partial charge in [0.25, 0.3) is 6.01 Å². The molecule has 17 heteroatoms. The van der Waals surface area contributed by atoms with Gasteiger partial charge in [0.1, 0.15) is 64.9 Å². The molecule has 3 saturated carbocycles. The number of carbonyl (C=O) groups is 4. The predicted octanol–water partition coefficient (Wildman–Crippen LogP) is 6.75. The zero-order valence-electron chi connectivity index (χ0n) is 37.7. The molecule has 1 aromatic carbocycles. The molecule has 8 rings (SSSR count). The number of anilines is 1. The van der Waals surface area contributed by atoms with Crippen molar-refractivity contribution in [2.45, 2.75) is 122 Å². The van der Waals surface area contributed by atoms with Gasteiger partial charge in [0.15, 0.2) is 0 Å². The number of ether oxygens (including phenoxy) is 4. The highest BCUT2D eigenvalue weighted by Gasteiger charge is 2.62. The molecule has 0 radical (unpaired) electrons. The fraction of sp³-hybridized carbons (Fsp3) is 0.617. The molecule has 3 aromatic rings. The van der Waals surface area contributed by atoms with Crippen LogP contribution in [0.25, 0.3) is 22.3 Å². The number of aromatic nitrogens is 2. The lowest BCUT2D eigenvalue weighted by molar-refractivity contribution is -0.148. The Hall–Kier alpha value is -5.09. The lowest BCUT2D eigenvalue weighted by Crippen LogP contribution is -2.59. The lowest BCUT2D eigenvalue weighted by atomic mass is 9.85. The number of alkyl carbamates (subject to hydrolysis) is 1. The minimum Gasteiger partial charge on any atom is -0.491 e. The van der Waals surface area contributed by atoms with Crippen molar-refractivity contribution in [3.63, 3.8) is 0 Å². The molecule has 4 heterocycles. The van der Waals surface area contributed by atoms with Crippen LogP contribution in [0.15, 0.2) is 41.5 Å². The van der Waals surface area contributed by atoms with E-state index in [1.54, 1.807) is 18.2 Å². The number of piperidine rings is 1. The summed E-state index contributed by atoms with van der Waals surface area (Å²) in [6.45, 7) is 16.6. The summed E-state index contributed by atoms with van der Waals surface area (Å²) < 4.78 is 29.7. The standard InChI is InChI=1S/C47H62ClN7O9/c1-8-29-23-47(29,43(58)60-7)53-41(56)35-21-31(24-55(35)42(57)40(46(4,5)6)52-45(59)64-30-19-27-18-28(27)20-30)63-37-22-33(34-25-62-44(51-34)49-26(2)3)50-39-32(37)12-13-36(38(39)48)61-17-16-54-14-10-9-11-15-54/h8,12-13,22,25-31,35,40H,1,9-11,14-21,23-24H2,2-7H3,(H,49,51)(H,52,59)(H,53,56)/t27-,28+,29-,30+,31-,35+,40-,47?/m1/s1. The van der Waals surface area contributed by atoms with Gasteiger partial charge in [-0.1, -0.05) is 44.9 Å². The van der Waals surface area contributed by atoms with Crippen molar-refractivity contribution in [3.05, 3.63) is 42.1 Å². The van der Waals surface area contributed by atoms with E-state index in [0.29, 0.717) is 69.7 Å². The number of hydrogen-bond acceptors (Lipinski definition) is 13. The van der Waals surface area contributed by atoms with Crippen LogP contribution < -0.4 is 25.4 Å². The summed E-state index contributed by atoms with van der Waals surface area (Å²) in [7, 11) is 1.27. The molecular weight excluding hydrogens is 842 g/mol. The van der Waals surface area contributed by atoms with Gasteiger partial charge < -0.3 is 44.2 Å². The Morgan fingerprint density at radius 1 is 1.02 bits per heavy atom. The van der Waals surface area contributed by atoms with E-state index < -0.39 is 53.0 Å². The number of benzene rings is 1. The number of amides is 3. The Balaban J connectivity index is 1.10. The smallest absolute Gasteiger partial charge is 0.408 e. The van der Waals surface area contributed by atoms with Crippen LogP contribution >= 0.6 is 11.6 Å². The van der Waals surface area contributed by atoms with Gasteiger partial charge in [-0.2, -0.15) is 4.98 Å². The van der Waals surface area contributed by atoms with E-state index in [0.717, 1.165) is 32.5 Å². The first kappa shape index (κ1) is 45.5. The molecule has 16 nitrogen and oxygen atoms in total. The zero-order chi connectivity index (χ0) is 45.5. The number of likely N-dealkylation sites (tertiary alicyclic amines) is 2. The van der Waals surface area contributed by atoms with Crippen LogP contribution in [0.4, 0.5) is 10.8 Å². The van der Waals surface area contributed by atoms with Crippen molar-refractivity contribution < 1.29 is 42.5 Å². The molecule has 3 aliphatic carbocycles. The van der Waals surface area contributed by atoms with Gasteiger partial charge >= 0.3 is 12.1 Å². The summed E-state index contributed by atoms with van der Waals surface area (Å²) in [5.74, 6) is 0.0583. The highest BCUT2D eigenvalue weighted by Crippen LogP contribution is 2.52. The number of pyridine rings is 1. The number of rotatable bonds is 16. The van der Waals surface area contributed by atoms with Crippen LogP contribution in [0.1, 0.15) is 86.0 Å². The third-order valence-electron chi connectivity index (χ3n) is 13.3. The predicted molar refractivity (Wildman–Crippen MR) is 240 cm³/mol. The van der Waals surface area contributed by atoms with Crippen LogP contribution in [0, 0.1) is 23.2 Å². The number of carbonyl (C=O) groups excluding carboxylic acids is 4. The molecule has 3 N–H and O–H groups in total. The van der Waals surface area contributed by atoms with E-state index in [1.165, 1.54) is 44.0 Å². The quantitative estimate of drug-likeness (QED) is 0.101. The lowest BCUT2D eigenvalue weighted by Gasteiger charge is -2.35. The first-order chi connectivity index (χ1) is 30.6. The second-order valence-corrected chi connectivity index (χ2v) is 19.9. The molecule has 5 aliphatic rings. The monoisotopic (exact) mass is 903 g/mol. The molecular formula is C47H62ClN7O9. The van der Waals surface area contributed by atoms with E-state index in [1.807, 2.05) is 40.7 Å². The normalized spacial score (nSPS) is 26.8. The van der Waals surface area contributed by atoms with Crippen LogP contribution in [0.2, 0.25) is 5.02 Å². The highest BCUT2D eigenvalue weighted by molar-refractivity contribution is 6.36. The van der Waals surface area contributed by atoms with Crippen molar-refractivity contribution in [3.8, 4) is 22.9 Å². The van der Waals surface area contributed by atoms with E-state index in [4.69, 9.17) is 39.9 Å². The first-order valence-electron chi connectivity index (χ1n) is 22.7. The number of halogens is 1. The molecule has 0 bridgehead atoms. The molecule has 0 spiro atoms. The number of nitrogens with one attached hydrogen (secondary N) is 3. The third-order valence-corrected chi connectivity index (χ3v) is 13.7. The number of hydrogen-bond donors (Lipinski definition) is 3. The summed E-state index contributed by atoms with van der Waals surface area (Å²) in [6.07, 6.45) is 8.27. The zero-order valence-corrected chi connectivity index (χ0v) is 38.5. The minimum absolute atomic E-state index is 0.0285. The molecule has 346 valence electrons. The Morgan fingerprint density at radius 3 is 2.44 bits per heavy atom. The molecule has 2 aliphatic heterocycles. The average molecular weight is 905 g/mol. The van der Waals surface area contributed by atoms with Gasteiger partial charge in [0.05, 0.1) is 24.9 Å². The molecule has 2 aromatic heterocycles. The maximum Gasteiger partial charge on any atom is 0.408 e. The highest BCUT2D eigenvalue weighted by atomic mass is 35.5. The maximum absolute atomic E-state index is 14.9. The average Bonchev–Trinajstić information content (AvgIpc) is 3.92. The van der Waals surface area contributed by atoms with E-state index in [9.17, 15) is 19.2 Å². The molecule has 8 atom stereocenters. The number of esters is 1. The number of oxazole rings is 1. The summed E-state index contributed by atoms with van der Waals surface area (Å²) >= 11 is 7.12. The minimum atomic E-state index is -1.31. The van der Waals surface area contributed by atoms with Crippen LogP contribution in [-0.2, 0) is 23.9 Å². The third kappa shape index (κ3) is 9.77. The van der Waals surface area contributed by atoms with E-state index >= 15 is 0 Å². The van der Waals surface area contributed by atoms with Crippen molar-refractivity contribution in [2.75, 3.05) is 45.2 Å². The van der Waals surface area contributed by atoms with Crippen molar-refractivity contribution in [1.82, 2.24) is 30.4 Å². The number of nitrogens with zero attached hydrogens (tertiary/aromatic N) is 4. The molecule has 2 saturated heterocycles. The summed E-state index contributed by atoms with van der Waals surface area (Å²) in [5, 5.41) is 9.81. The van der Waals surface area contributed by atoms with Gasteiger partial charge in [-0.25, -0.2) is 14.6 Å². The summed E-state index contributed by atoms with van der Waals surface area (Å²) in [6, 6.07) is 3.59. The fourth-order valence-corrected chi connectivity index (χ4v) is 9.90. The summed E-state index contributed by atoms with van der Waals surface area (Å²) in [4.78, 5) is 69.2. The SMILES string of the molecule is C=C[C@@H]1CC1(NC(=O)[C@@H]1C[C@@H](Oc2cc(-c3coc(NC(C)C)n3)nc3c(Cl)c(OCCN4CCCCC4)ccc23)CN1C(=O)[C@@H](NC(=O)O[C@@H]1C[C@@H]2C[C@@H]2C1)C(C)(C)C)C(=O)OC. The van der Waals surface area contributed by atoms with Crippen LogP contribution in [0.5, 0.6) is 11.5 Å². The second kappa shape index (κ2) is 18.4. The van der Waals surface area contributed by atoms with Gasteiger partial charge in [-0.3, -0.25) is 14.5 Å². The Bertz CT molecular complexity index is 2250. The molecule has 5 fully saturated rings. The van der Waals surface area contributed by atoms with Crippen molar-refractivity contribution in [1.29, 1.82) is 0 Å². The number of methoxy groups -OCH3 is 1. The molecule has 3 amide bonds. The first-order valence-corrected chi connectivity index (χ1v) is 23.1. The largest absolute Gasteiger partial charge is 0.491 e. The van der Waals surface area contributed by atoms with Crippen molar-refractivity contribution in [2.24, 2.45) is 23.2 Å².